The summed E-state index contributed by atoms with van der Waals surface area (Å²) in [6.45, 7) is 7.59. The van der Waals surface area contributed by atoms with Crippen LogP contribution >= 0.6 is 0 Å². The van der Waals surface area contributed by atoms with Gasteiger partial charge in [0.15, 0.2) is 0 Å². The second kappa shape index (κ2) is 8.08. The summed E-state index contributed by atoms with van der Waals surface area (Å²) in [5.41, 5.74) is 4.82. The maximum absolute atomic E-state index is 11.9. The molecule has 0 radical (unpaired) electrons. The lowest BCUT2D eigenvalue weighted by Gasteiger charge is -2.37. The molecule has 0 saturated heterocycles. The smallest absolute Gasteiger partial charge is 0.291 e. The van der Waals surface area contributed by atoms with Gasteiger partial charge in [0.2, 0.25) is 0 Å². The molecule has 1 rings (SSSR count). The molecule has 20 heavy (non-hydrogen) atoms. The average Bonchev–Trinajstić information content (AvgIpc) is 2.36. The van der Waals surface area contributed by atoms with E-state index in [-0.39, 0.29) is 24.4 Å². The van der Waals surface area contributed by atoms with E-state index in [2.05, 4.69) is 31.1 Å². The molecule has 1 aromatic rings. The molecule has 4 heteroatoms. The molecule has 1 amide bonds. The fraction of sp³-hybridized carbons (Fsp3) is 0.438. The van der Waals surface area contributed by atoms with Crippen molar-refractivity contribution < 1.29 is 21.8 Å². The Labute approximate surface area is 128 Å². The first-order chi connectivity index (χ1) is 8.88. The summed E-state index contributed by atoms with van der Waals surface area (Å²) in [4.78, 5) is 11.9. The molecule has 0 heterocycles. The largest absolute Gasteiger partial charge is 1.00 e. The average molecular weight is 297 g/mol. The number of carbonyl (C=O) groups excluding carboxylic acids is 1. The maximum atomic E-state index is 11.9. The third-order valence-electron chi connectivity index (χ3n) is 3.30. The minimum absolute atomic E-state index is 0. The zero-order valence-corrected chi connectivity index (χ0v) is 13.6. The van der Waals surface area contributed by atoms with E-state index in [1.807, 2.05) is 32.3 Å². The molecule has 0 spiro atoms. The van der Waals surface area contributed by atoms with E-state index < -0.39 is 0 Å². The van der Waals surface area contributed by atoms with E-state index >= 15 is 0 Å². The first kappa shape index (κ1) is 18.7. The van der Waals surface area contributed by atoms with Gasteiger partial charge in [-0.3, -0.25) is 4.79 Å². The minimum atomic E-state index is -0.0953. The summed E-state index contributed by atoms with van der Waals surface area (Å²) in [7, 11) is 4.04. The third kappa shape index (κ3) is 4.99. The number of nitrogens with zero attached hydrogens (tertiary/aromatic N) is 1. The van der Waals surface area contributed by atoms with Crippen LogP contribution < -0.4 is 17.8 Å². The van der Waals surface area contributed by atoms with Gasteiger partial charge in [0.05, 0.1) is 14.1 Å². The van der Waals surface area contributed by atoms with Gasteiger partial charge in [0.25, 0.3) is 5.91 Å². The van der Waals surface area contributed by atoms with Crippen molar-refractivity contribution in [2.75, 3.05) is 14.1 Å². The first-order valence-corrected chi connectivity index (χ1v) is 6.75. The normalized spacial score (nSPS) is 12.2. The Balaban J connectivity index is 0.00000361. The fourth-order valence-electron chi connectivity index (χ4n) is 2.25. The number of rotatable bonds is 6. The number of quaternary nitrogens is 1. The molecule has 1 unspecified atom stereocenters. The zero-order valence-electron chi connectivity index (χ0n) is 12.8. The molecular formula is C16H25ClN2O. The number of benzene rings is 1. The van der Waals surface area contributed by atoms with Crippen molar-refractivity contribution in [2.24, 2.45) is 0 Å². The highest BCUT2D eigenvalue weighted by Crippen LogP contribution is 2.27. The highest BCUT2D eigenvalue weighted by molar-refractivity contribution is 5.91. The molecule has 0 aliphatic carbocycles. The van der Waals surface area contributed by atoms with Crippen molar-refractivity contribution in [1.29, 1.82) is 0 Å². The second-order valence-electron chi connectivity index (χ2n) is 5.48. The summed E-state index contributed by atoms with van der Waals surface area (Å²) in [5, 5.41) is 0. The fourth-order valence-corrected chi connectivity index (χ4v) is 2.25. The van der Waals surface area contributed by atoms with Gasteiger partial charge in [-0.05, 0) is 6.92 Å². The molecule has 0 aliphatic heterocycles. The van der Waals surface area contributed by atoms with Crippen LogP contribution in [0.2, 0.25) is 0 Å². The number of hydrogen-bond acceptors (Lipinski definition) is 1. The molecule has 3 nitrogen and oxygen atoms in total. The summed E-state index contributed by atoms with van der Waals surface area (Å²) in [6.07, 6.45) is 2.09. The third-order valence-corrected chi connectivity index (χ3v) is 3.30. The Bertz CT molecular complexity index is 443. The van der Waals surface area contributed by atoms with E-state index in [1.165, 1.54) is 5.56 Å². The van der Waals surface area contributed by atoms with Crippen molar-refractivity contribution in [3.8, 4) is 0 Å². The van der Waals surface area contributed by atoms with Gasteiger partial charge in [-0.1, -0.05) is 50.3 Å². The Hall–Kier alpha value is -1.32. The molecular weight excluding hydrogens is 272 g/mol. The topological polar surface area (TPSA) is 29.1 Å². The number of nitrogens with one attached hydrogen (secondary N) is 1. The predicted octanol–water partition coefficient (Wildman–Crippen LogP) is 0.216. The van der Waals surface area contributed by atoms with Gasteiger partial charge in [0, 0.05) is 17.6 Å². The van der Waals surface area contributed by atoms with Crippen LogP contribution in [-0.4, -0.2) is 24.6 Å². The second-order valence-corrected chi connectivity index (χ2v) is 5.48. The quantitative estimate of drug-likeness (QED) is 0.454. The van der Waals surface area contributed by atoms with Crippen LogP contribution in [0.3, 0.4) is 0 Å². The highest BCUT2D eigenvalue weighted by Gasteiger charge is 2.31. The van der Waals surface area contributed by atoms with Crippen LogP contribution in [0.1, 0.15) is 38.3 Å². The Morgan fingerprint density at radius 1 is 1.30 bits per heavy atom. The van der Waals surface area contributed by atoms with Crippen molar-refractivity contribution in [3.63, 3.8) is 0 Å². The van der Waals surface area contributed by atoms with E-state index in [1.54, 1.807) is 6.92 Å². The Kier molecular flexibility index (Phi) is 7.54. The SMILES string of the molecule is C=C(C)C(=O)N[N+](C)(C)C(CCC)c1ccccc1.[Cl-]. The van der Waals surface area contributed by atoms with Gasteiger partial charge in [0.1, 0.15) is 6.04 Å². The van der Waals surface area contributed by atoms with Crippen LogP contribution in [-0.2, 0) is 4.79 Å². The lowest BCUT2D eigenvalue weighted by molar-refractivity contribution is -0.954. The molecule has 1 N–H and O–H groups in total. The van der Waals surface area contributed by atoms with Crippen LogP contribution in [0.5, 0.6) is 0 Å². The van der Waals surface area contributed by atoms with Crippen LogP contribution in [0.4, 0.5) is 0 Å². The van der Waals surface area contributed by atoms with E-state index in [9.17, 15) is 4.79 Å². The molecule has 0 aliphatic rings. The van der Waals surface area contributed by atoms with Gasteiger partial charge >= 0.3 is 0 Å². The first-order valence-electron chi connectivity index (χ1n) is 6.75. The summed E-state index contributed by atoms with van der Waals surface area (Å²) in [6, 6.07) is 10.6. The number of halogens is 1. The molecule has 0 bridgehead atoms. The van der Waals surface area contributed by atoms with Gasteiger partial charge < -0.3 is 12.4 Å². The maximum Gasteiger partial charge on any atom is 0.291 e. The lowest BCUT2D eigenvalue weighted by Crippen LogP contribution is -3.00. The molecule has 112 valence electrons. The number of hydrogen-bond donors (Lipinski definition) is 1. The van der Waals surface area contributed by atoms with Gasteiger partial charge in [-0.2, -0.15) is 5.43 Å². The number of amides is 1. The Morgan fingerprint density at radius 3 is 2.30 bits per heavy atom. The van der Waals surface area contributed by atoms with E-state index in [0.29, 0.717) is 10.2 Å². The molecule has 1 aromatic carbocycles. The van der Waals surface area contributed by atoms with Crippen molar-refractivity contribution in [1.82, 2.24) is 5.43 Å². The summed E-state index contributed by atoms with van der Waals surface area (Å²) < 4.78 is 0.434. The van der Waals surface area contributed by atoms with Crippen LogP contribution in [0.15, 0.2) is 42.5 Å². The number of carbonyl (C=O) groups is 1. The summed E-state index contributed by atoms with van der Waals surface area (Å²) >= 11 is 0. The molecule has 0 aromatic heterocycles. The van der Waals surface area contributed by atoms with Crippen LogP contribution in [0, 0.1) is 0 Å². The van der Waals surface area contributed by atoms with Crippen molar-refractivity contribution >= 4 is 5.91 Å². The minimum Gasteiger partial charge on any atom is -1.00 e. The molecule has 0 saturated carbocycles. The van der Waals surface area contributed by atoms with Gasteiger partial charge in [-0.15, -0.1) is 0 Å². The standard InChI is InChI=1S/C16H24N2O.ClH/c1-6-10-15(14-11-8-7-9-12-14)18(4,5)17-16(19)13(2)3;/h7-9,11-12,15H,2,6,10H2,1,3-5H3;1H. The highest BCUT2D eigenvalue weighted by atomic mass is 35.5. The monoisotopic (exact) mass is 296 g/mol. The van der Waals surface area contributed by atoms with Gasteiger partial charge in [-0.25, -0.2) is 4.59 Å². The zero-order chi connectivity index (χ0) is 14.5. The predicted molar refractivity (Wildman–Crippen MR) is 79.2 cm³/mol. The summed E-state index contributed by atoms with van der Waals surface area (Å²) in [5.74, 6) is -0.0953. The lowest BCUT2D eigenvalue weighted by atomic mass is 10.0. The van der Waals surface area contributed by atoms with Crippen LogP contribution in [0.25, 0.3) is 0 Å². The Morgan fingerprint density at radius 2 is 1.85 bits per heavy atom. The van der Waals surface area contributed by atoms with E-state index in [4.69, 9.17) is 0 Å². The van der Waals surface area contributed by atoms with Crippen molar-refractivity contribution in [2.45, 2.75) is 32.7 Å². The molecule has 0 fully saturated rings. The molecule has 1 atom stereocenters. The van der Waals surface area contributed by atoms with Crippen molar-refractivity contribution in [3.05, 3.63) is 48.0 Å². The van der Waals surface area contributed by atoms with E-state index in [0.717, 1.165) is 12.8 Å².